The average Bonchev–Trinajstić information content (AvgIpc) is 2.72. The molecule has 4 heteroatoms. The summed E-state index contributed by atoms with van der Waals surface area (Å²) in [6, 6.07) is 25.9. The highest BCUT2D eigenvalue weighted by molar-refractivity contribution is 6.31. The molecule has 0 amide bonds. The molecule has 0 saturated carbocycles. The standard InChI is InChI=1S/C23H24ClNO2/c1-17(22-9-5-6-10-23(22)24)25-15-20(26)16-27-21-13-11-19(12-14-21)18-7-3-2-4-8-18/h2-14,17,20,25-26H,15-16H2,1H3. The number of aliphatic hydroxyl groups excluding tert-OH is 1. The van der Waals surface area contributed by atoms with E-state index in [-0.39, 0.29) is 12.6 Å². The van der Waals surface area contributed by atoms with Gasteiger partial charge in [0.1, 0.15) is 18.5 Å². The smallest absolute Gasteiger partial charge is 0.119 e. The first-order valence-electron chi connectivity index (χ1n) is 9.07. The van der Waals surface area contributed by atoms with Gasteiger partial charge in [0.05, 0.1) is 0 Å². The Labute approximate surface area is 165 Å². The van der Waals surface area contributed by atoms with Crippen LogP contribution in [0.2, 0.25) is 5.02 Å². The van der Waals surface area contributed by atoms with Gasteiger partial charge in [-0.2, -0.15) is 0 Å². The van der Waals surface area contributed by atoms with Crippen LogP contribution < -0.4 is 10.1 Å². The van der Waals surface area contributed by atoms with Crippen LogP contribution in [-0.4, -0.2) is 24.4 Å². The Kier molecular flexibility index (Phi) is 6.88. The van der Waals surface area contributed by atoms with Crippen molar-refractivity contribution in [2.24, 2.45) is 0 Å². The largest absolute Gasteiger partial charge is 0.491 e. The molecule has 3 aromatic rings. The topological polar surface area (TPSA) is 41.5 Å². The summed E-state index contributed by atoms with van der Waals surface area (Å²) >= 11 is 6.21. The summed E-state index contributed by atoms with van der Waals surface area (Å²) in [6.45, 7) is 2.68. The third-order valence-corrected chi connectivity index (χ3v) is 4.78. The minimum Gasteiger partial charge on any atom is -0.491 e. The van der Waals surface area contributed by atoms with Crippen LogP contribution in [0.15, 0.2) is 78.9 Å². The lowest BCUT2D eigenvalue weighted by Crippen LogP contribution is -2.33. The van der Waals surface area contributed by atoms with Crippen molar-refractivity contribution in [3.8, 4) is 16.9 Å². The van der Waals surface area contributed by atoms with E-state index in [4.69, 9.17) is 16.3 Å². The fraction of sp³-hybridized carbons (Fsp3) is 0.217. The summed E-state index contributed by atoms with van der Waals surface area (Å²) in [5.74, 6) is 0.743. The molecule has 3 rings (SSSR count). The SMILES string of the molecule is CC(NCC(O)COc1ccc(-c2ccccc2)cc1)c1ccccc1Cl. The summed E-state index contributed by atoms with van der Waals surface area (Å²) in [5, 5.41) is 14.2. The van der Waals surface area contributed by atoms with E-state index in [1.165, 1.54) is 5.56 Å². The maximum Gasteiger partial charge on any atom is 0.119 e. The Balaban J connectivity index is 1.46. The second kappa shape index (κ2) is 9.56. The van der Waals surface area contributed by atoms with Crippen molar-refractivity contribution in [1.82, 2.24) is 5.32 Å². The van der Waals surface area contributed by atoms with Crippen molar-refractivity contribution in [3.05, 3.63) is 89.4 Å². The Bertz CT molecular complexity index is 837. The highest BCUT2D eigenvalue weighted by atomic mass is 35.5. The van der Waals surface area contributed by atoms with Crippen LogP contribution in [0.1, 0.15) is 18.5 Å². The number of hydrogen-bond donors (Lipinski definition) is 2. The van der Waals surface area contributed by atoms with Crippen LogP contribution in [0.4, 0.5) is 0 Å². The molecule has 0 aromatic heterocycles. The van der Waals surface area contributed by atoms with Gasteiger partial charge in [0.15, 0.2) is 0 Å². The van der Waals surface area contributed by atoms with Gasteiger partial charge < -0.3 is 15.2 Å². The van der Waals surface area contributed by atoms with Crippen molar-refractivity contribution in [2.45, 2.75) is 19.1 Å². The van der Waals surface area contributed by atoms with Gasteiger partial charge in [0.2, 0.25) is 0 Å². The van der Waals surface area contributed by atoms with E-state index < -0.39 is 6.10 Å². The zero-order chi connectivity index (χ0) is 19.1. The van der Waals surface area contributed by atoms with Crippen LogP contribution in [0.25, 0.3) is 11.1 Å². The van der Waals surface area contributed by atoms with Gasteiger partial charge in [-0.15, -0.1) is 0 Å². The Morgan fingerprint density at radius 2 is 1.52 bits per heavy atom. The van der Waals surface area contributed by atoms with Gasteiger partial charge in [-0.3, -0.25) is 0 Å². The predicted molar refractivity (Wildman–Crippen MR) is 111 cm³/mol. The number of halogens is 1. The van der Waals surface area contributed by atoms with Crippen molar-refractivity contribution in [3.63, 3.8) is 0 Å². The van der Waals surface area contributed by atoms with Gasteiger partial charge in [-0.25, -0.2) is 0 Å². The highest BCUT2D eigenvalue weighted by Crippen LogP contribution is 2.23. The van der Waals surface area contributed by atoms with Crippen molar-refractivity contribution >= 4 is 11.6 Å². The van der Waals surface area contributed by atoms with E-state index in [1.54, 1.807) is 0 Å². The van der Waals surface area contributed by atoms with Crippen molar-refractivity contribution in [1.29, 1.82) is 0 Å². The average molecular weight is 382 g/mol. The van der Waals surface area contributed by atoms with Gasteiger partial charge in [-0.05, 0) is 41.8 Å². The predicted octanol–water partition coefficient (Wildman–Crippen LogP) is 5.10. The molecule has 0 saturated heterocycles. The highest BCUT2D eigenvalue weighted by Gasteiger charge is 2.11. The fourth-order valence-corrected chi connectivity index (χ4v) is 3.17. The summed E-state index contributed by atoms with van der Waals surface area (Å²) in [7, 11) is 0. The Morgan fingerprint density at radius 3 is 2.22 bits per heavy atom. The minimum absolute atomic E-state index is 0.0542. The Morgan fingerprint density at radius 1 is 0.889 bits per heavy atom. The van der Waals surface area contributed by atoms with E-state index in [0.717, 1.165) is 21.9 Å². The number of aliphatic hydroxyl groups is 1. The third-order valence-electron chi connectivity index (χ3n) is 4.44. The van der Waals surface area contributed by atoms with Gasteiger partial charge in [0.25, 0.3) is 0 Å². The fourth-order valence-electron chi connectivity index (χ4n) is 2.87. The van der Waals surface area contributed by atoms with Crippen molar-refractivity contribution in [2.75, 3.05) is 13.2 Å². The van der Waals surface area contributed by atoms with Gasteiger partial charge in [-0.1, -0.05) is 72.3 Å². The first-order chi connectivity index (χ1) is 13.1. The summed E-state index contributed by atoms with van der Waals surface area (Å²) < 4.78 is 5.70. The second-order valence-electron chi connectivity index (χ2n) is 6.51. The number of ether oxygens (including phenoxy) is 1. The van der Waals surface area contributed by atoms with Gasteiger partial charge in [0, 0.05) is 17.6 Å². The molecule has 0 heterocycles. The first kappa shape index (κ1) is 19.4. The molecule has 140 valence electrons. The molecule has 0 aliphatic heterocycles. The molecule has 2 unspecified atom stereocenters. The molecule has 0 aliphatic rings. The van der Waals surface area contributed by atoms with E-state index >= 15 is 0 Å². The monoisotopic (exact) mass is 381 g/mol. The molecule has 0 aliphatic carbocycles. The molecule has 2 atom stereocenters. The van der Waals surface area contributed by atoms with Crippen LogP contribution in [0, 0.1) is 0 Å². The molecule has 2 N–H and O–H groups in total. The maximum absolute atomic E-state index is 10.2. The molecule has 3 nitrogen and oxygen atoms in total. The number of hydrogen-bond acceptors (Lipinski definition) is 3. The number of nitrogens with one attached hydrogen (secondary N) is 1. The zero-order valence-electron chi connectivity index (χ0n) is 15.3. The van der Waals surface area contributed by atoms with E-state index in [1.807, 2.05) is 73.7 Å². The molecule has 3 aromatic carbocycles. The lowest BCUT2D eigenvalue weighted by atomic mass is 10.1. The summed E-state index contributed by atoms with van der Waals surface area (Å²) in [6.07, 6.45) is -0.608. The molecule has 0 bridgehead atoms. The lowest BCUT2D eigenvalue weighted by molar-refractivity contribution is 0.104. The molecular formula is C23H24ClNO2. The van der Waals surface area contributed by atoms with Crippen LogP contribution in [0.5, 0.6) is 5.75 Å². The maximum atomic E-state index is 10.2. The van der Waals surface area contributed by atoms with Crippen molar-refractivity contribution < 1.29 is 9.84 Å². The quantitative estimate of drug-likeness (QED) is 0.570. The number of benzene rings is 3. The third kappa shape index (κ3) is 5.57. The van der Waals surface area contributed by atoms with Gasteiger partial charge >= 0.3 is 0 Å². The minimum atomic E-state index is -0.608. The van der Waals surface area contributed by atoms with E-state index in [0.29, 0.717) is 6.54 Å². The summed E-state index contributed by atoms with van der Waals surface area (Å²) in [4.78, 5) is 0. The van der Waals surface area contributed by atoms with Crippen LogP contribution in [0.3, 0.4) is 0 Å². The molecular weight excluding hydrogens is 358 g/mol. The molecule has 0 fully saturated rings. The normalized spacial score (nSPS) is 13.1. The molecule has 0 spiro atoms. The first-order valence-corrected chi connectivity index (χ1v) is 9.45. The van der Waals surface area contributed by atoms with E-state index in [9.17, 15) is 5.11 Å². The molecule has 27 heavy (non-hydrogen) atoms. The molecule has 0 radical (unpaired) electrons. The van der Waals surface area contributed by atoms with E-state index in [2.05, 4.69) is 17.4 Å². The number of rotatable bonds is 8. The van der Waals surface area contributed by atoms with Crippen LogP contribution >= 0.6 is 11.6 Å². The summed E-state index contributed by atoms with van der Waals surface area (Å²) in [5.41, 5.74) is 3.32. The van der Waals surface area contributed by atoms with Crippen LogP contribution in [-0.2, 0) is 0 Å². The second-order valence-corrected chi connectivity index (χ2v) is 6.91. The lowest BCUT2D eigenvalue weighted by Gasteiger charge is -2.19. The Hall–Kier alpha value is -2.33. The zero-order valence-corrected chi connectivity index (χ0v) is 16.1.